The molecule has 0 radical (unpaired) electrons. The first-order valence-electron chi connectivity index (χ1n) is 10.1. The highest BCUT2D eigenvalue weighted by Crippen LogP contribution is 2.34. The molecule has 33 heavy (non-hydrogen) atoms. The first-order valence-corrected chi connectivity index (χ1v) is 10.9. The minimum atomic E-state index is -1.04. The van der Waals surface area contributed by atoms with E-state index in [-0.39, 0.29) is 18.0 Å². The Labute approximate surface area is 194 Å². The highest BCUT2D eigenvalue weighted by Gasteiger charge is 2.32. The predicted molar refractivity (Wildman–Crippen MR) is 127 cm³/mol. The van der Waals surface area contributed by atoms with Gasteiger partial charge in [0, 0.05) is 6.54 Å². The van der Waals surface area contributed by atoms with Gasteiger partial charge in [0.05, 0.1) is 16.2 Å². The fourth-order valence-electron chi connectivity index (χ4n) is 2.97. The molecule has 1 atom stereocenters. The van der Waals surface area contributed by atoms with Gasteiger partial charge in [-0.05, 0) is 66.2 Å². The lowest BCUT2D eigenvalue weighted by atomic mass is 10.2. The van der Waals surface area contributed by atoms with Gasteiger partial charge in [0.2, 0.25) is 0 Å². The number of thioether (sulfide) groups is 1. The lowest BCUT2D eigenvalue weighted by Gasteiger charge is -2.13. The number of nitrogens with zero attached hydrogens (tertiary/aromatic N) is 2. The third-order valence-electron chi connectivity index (χ3n) is 4.62. The average Bonchev–Trinajstić information content (AvgIpc) is 3.07. The van der Waals surface area contributed by atoms with Gasteiger partial charge in [-0.1, -0.05) is 25.1 Å². The molecular formula is C24H22N2O6S. The van der Waals surface area contributed by atoms with E-state index >= 15 is 0 Å². The van der Waals surface area contributed by atoms with Crippen LogP contribution in [0.5, 0.6) is 5.75 Å². The SMILES string of the molecule is C=CCN1C(=O)/C(=C/c2cccc(OC(CC)C(=O)O)c2)SC1=Nc1ccc(C(=O)O)cc1. The Hall–Kier alpha value is -3.85. The maximum absolute atomic E-state index is 13.0. The summed E-state index contributed by atoms with van der Waals surface area (Å²) in [6.07, 6.45) is 2.65. The van der Waals surface area contributed by atoms with Gasteiger partial charge < -0.3 is 14.9 Å². The quantitative estimate of drug-likeness (QED) is 0.415. The number of aliphatic imine (C=N–C) groups is 1. The van der Waals surface area contributed by atoms with E-state index in [0.717, 1.165) is 0 Å². The molecule has 1 unspecified atom stereocenters. The molecular weight excluding hydrogens is 444 g/mol. The molecule has 1 amide bonds. The number of amidine groups is 1. The van der Waals surface area contributed by atoms with Crippen LogP contribution in [0.4, 0.5) is 5.69 Å². The van der Waals surface area contributed by atoms with Crippen LogP contribution in [0.2, 0.25) is 0 Å². The second-order valence-corrected chi connectivity index (χ2v) is 8.00. The number of aliphatic carboxylic acids is 1. The Bertz CT molecular complexity index is 1140. The molecule has 2 N–H and O–H groups in total. The molecule has 0 spiro atoms. The van der Waals surface area contributed by atoms with Crippen molar-refractivity contribution in [2.75, 3.05) is 6.54 Å². The van der Waals surface area contributed by atoms with Gasteiger partial charge in [-0.15, -0.1) is 6.58 Å². The summed E-state index contributed by atoms with van der Waals surface area (Å²) in [4.78, 5) is 41.6. The van der Waals surface area contributed by atoms with Crippen LogP contribution in [0.25, 0.3) is 6.08 Å². The van der Waals surface area contributed by atoms with Gasteiger partial charge in [-0.2, -0.15) is 0 Å². The van der Waals surface area contributed by atoms with Crippen LogP contribution >= 0.6 is 11.8 Å². The molecule has 1 fully saturated rings. The van der Waals surface area contributed by atoms with Crippen LogP contribution < -0.4 is 4.74 Å². The van der Waals surface area contributed by atoms with Crippen LogP contribution in [0.1, 0.15) is 29.3 Å². The molecule has 1 heterocycles. The second kappa shape index (κ2) is 10.6. The number of aromatic carboxylic acids is 1. The molecule has 9 heteroatoms. The lowest BCUT2D eigenvalue weighted by molar-refractivity contribution is -0.145. The van der Waals surface area contributed by atoms with Crippen molar-refractivity contribution >= 4 is 46.5 Å². The van der Waals surface area contributed by atoms with Crippen molar-refractivity contribution in [2.24, 2.45) is 4.99 Å². The van der Waals surface area contributed by atoms with E-state index in [4.69, 9.17) is 9.84 Å². The summed E-state index contributed by atoms with van der Waals surface area (Å²) >= 11 is 1.18. The van der Waals surface area contributed by atoms with Gasteiger partial charge in [0.15, 0.2) is 11.3 Å². The van der Waals surface area contributed by atoms with Gasteiger partial charge in [0.25, 0.3) is 5.91 Å². The van der Waals surface area contributed by atoms with E-state index in [1.54, 1.807) is 55.5 Å². The minimum Gasteiger partial charge on any atom is -0.479 e. The molecule has 2 aromatic carbocycles. The van der Waals surface area contributed by atoms with Crippen molar-refractivity contribution in [3.05, 3.63) is 77.2 Å². The Morgan fingerprint density at radius 3 is 2.55 bits per heavy atom. The number of carbonyl (C=O) groups is 3. The summed E-state index contributed by atoms with van der Waals surface area (Å²) in [6, 6.07) is 12.9. The second-order valence-electron chi connectivity index (χ2n) is 6.99. The predicted octanol–water partition coefficient (Wildman–Crippen LogP) is 4.42. The highest BCUT2D eigenvalue weighted by atomic mass is 32.2. The fourth-order valence-corrected chi connectivity index (χ4v) is 3.98. The van der Waals surface area contributed by atoms with Crippen LogP contribution in [0.15, 0.2) is 71.1 Å². The largest absolute Gasteiger partial charge is 0.479 e. The highest BCUT2D eigenvalue weighted by molar-refractivity contribution is 8.18. The minimum absolute atomic E-state index is 0.146. The fraction of sp³-hybridized carbons (Fsp3) is 0.167. The molecule has 1 aliphatic rings. The summed E-state index contributed by atoms with van der Waals surface area (Å²) in [5.41, 5.74) is 1.34. The topological polar surface area (TPSA) is 117 Å². The van der Waals surface area contributed by atoms with Crippen LogP contribution in [0, 0.1) is 0 Å². The lowest BCUT2D eigenvalue weighted by Crippen LogP contribution is -2.29. The number of rotatable bonds is 9. The van der Waals surface area contributed by atoms with Crippen molar-refractivity contribution in [2.45, 2.75) is 19.4 Å². The summed E-state index contributed by atoms with van der Waals surface area (Å²) in [5.74, 6) is -1.92. The number of carbonyl (C=O) groups excluding carboxylic acids is 1. The maximum Gasteiger partial charge on any atom is 0.344 e. The zero-order chi connectivity index (χ0) is 24.0. The van der Waals surface area contributed by atoms with E-state index < -0.39 is 18.0 Å². The number of hydrogen-bond donors (Lipinski definition) is 2. The molecule has 8 nitrogen and oxygen atoms in total. The molecule has 3 rings (SSSR count). The molecule has 170 valence electrons. The smallest absolute Gasteiger partial charge is 0.344 e. The van der Waals surface area contributed by atoms with Gasteiger partial charge in [-0.3, -0.25) is 9.69 Å². The normalized spacial score (nSPS) is 16.8. The molecule has 0 bridgehead atoms. The molecule has 0 saturated carbocycles. The number of hydrogen-bond acceptors (Lipinski definition) is 6. The molecule has 1 saturated heterocycles. The van der Waals surface area contributed by atoms with Crippen molar-refractivity contribution in [1.82, 2.24) is 4.90 Å². The summed E-state index contributed by atoms with van der Waals surface area (Å²) in [5, 5.41) is 18.7. The third kappa shape index (κ3) is 5.89. The Kier molecular flexibility index (Phi) is 7.68. The number of amides is 1. The van der Waals surface area contributed by atoms with Crippen molar-refractivity contribution < 1.29 is 29.3 Å². The van der Waals surface area contributed by atoms with Gasteiger partial charge >= 0.3 is 11.9 Å². The molecule has 0 aliphatic carbocycles. The van der Waals surface area contributed by atoms with E-state index in [2.05, 4.69) is 11.6 Å². The Morgan fingerprint density at radius 1 is 1.21 bits per heavy atom. The van der Waals surface area contributed by atoms with Crippen LogP contribution in [-0.2, 0) is 9.59 Å². The Balaban J connectivity index is 1.87. The van der Waals surface area contributed by atoms with Crippen molar-refractivity contribution in [3.63, 3.8) is 0 Å². The summed E-state index contributed by atoms with van der Waals surface area (Å²) in [7, 11) is 0. The third-order valence-corrected chi connectivity index (χ3v) is 5.63. The average molecular weight is 467 g/mol. The summed E-state index contributed by atoms with van der Waals surface area (Å²) in [6.45, 7) is 5.68. The monoisotopic (exact) mass is 466 g/mol. The maximum atomic E-state index is 13.0. The summed E-state index contributed by atoms with van der Waals surface area (Å²) < 4.78 is 5.53. The van der Waals surface area contributed by atoms with Crippen molar-refractivity contribution in [1.29, 1.82) is 0 Å². The van der Waals surface area contributed by atoms with Crippen LogP contribution in [0.3, 0.4) is 0 Å². The Morgan fingerprint density at radius 2 is 1.94 bits per heavy atom. The van der Waals surface area contributed by atoms with Crippen molar-refractivity contribution in [3.8, 4) is 5.75 Å². The number of ether oxygens (including phenoxy) is 1. The van der Waals surface area contributed by atoms with E-state index in [1.807, 2.05) is 0 Å². The number of carboxylic acids is 2. The first kappa shape index (κ1) is 23.8. The zero-order valence-corrected chi connectivity index (χ0v) is 18.6. The van der Waals surface area contributed by atoms with Gasteiger partial charge in [-0.25, -0.2) is 14.6 Å². The first-order chi connectivity index (χ1) is 15.8. The molecule has 1 aliphatic heterocycles. The standard InChI is InChI=1S/C24H22N2O6S/c1-3-12-26-21(27)20(33-24(26)25-17-10-8-16(9-11-17)22(28)29)14-15-6-5-7-18(13-15)32-19(4-2)23(30)31/h3,5-11,13-14,19H,1,4,12H2,2H3,(H,28,29)(H,30,31)/b20-14-,25-24?. The number of carboxylic acid groups (broad SMARTS) is 2. The van der Waals surface area contributed by atoms with Gasteiger partial charge in [0.1, 0.15) is 5.75 Å². The van der Waals surface area contributed by atoms with E-state index in [0.29, 0.717) is 33.5 Å². The number of benzene rings is 2. The van der Waals surface area contributed by atoms with E-state index in [9.17, 15) is 19.5 Å². The van der Waals surface area contributed by atoms with E-state index in [1.165, 1.54) is 28.8 Å². The molecule has 2 aromatic rings. The van der Waals surface area contributed by atoms with Crippen LogP contribution in [-0.4, -0.2) is 50.8 Å². The molecule has 0 aromatic heterocycles. The zero-order valence-electron chi connectivity index (χ0n) is 17.8.